The molecule has 3 rings (SSSR count). The lowest BCUT2D eigenvalue weighted by molar-refractivity contribution is -0.139. The molecule has 3 amide bonds. The van der Waals surface area contributed by atoms with Crippen molar-refractivity contribution >= 4 is 29.6 Å². The Morgan fingerprint density at radius 2 is 1.88 bits per heavy atom. The van der Waals surface area contributed by atoms with E-state index < -0.39 is 11.8 Å². The number of methoxy groups -OCH3 is 1. The molecule has 0 unspecified atom stereocenters. The fraction of sp³-hybridized carbons (Fsp3) is 0.304. The van der Waals surface area contributed by atoms with Crippen molar-refractivity contribution in [3.63, 3.8) is 0 Å². The van der Waals surface area contributed by atoms with Crippen LogP contribution in [0.2, 0.25) is 0 Å². The Kier molecular flexibility index (Phi) is 7.43. The molecule has 0 bridgehead atoms. The van der Waals surface area contributed by atoms with Crippen molar-refractivity contribution < 1.29 is 23.9 Å². The first-order valence-electron chi connectivity index (χ1n) is 10.2. The van der Waals surface area contributed by atoms with Crippen LogP contribution in [-0.4, -0.2) is 43.7 Å². The quantitative estimate of drug-likeness (QED) is 0.331. The first-order valence-corrected chi connectivity index (χ1v) is 10.2. The highest BCUT2D eigenvalue weighted by Crippen LogP contribution is 2.27. The summed E-state index contributed by atoms with van der Waals surface area (Å²) in [5.74, 6) is -1.04. The van der Waals surface area contributed by atoms with Crippen LogP contribution >= 0.6 is 0 Å². The van der Waals surface area contributed by atoms with E-state index in [0.29, 0.717) is 17.1 Å². The number of rotatable bonds is 8. The van der Waals surface area contributed by atoms with Crippen molar-refractivity contribution in [1.29, 1.82) is 0 Å². The maximum Gasteiger partial charge on any atom is 0.329 e. The third kappa shape index (κ3) is 6.31. The third-order valence-corrected chi connectivity index (χ3v) is 4.92. The largest absolute Gasteiger partial charge is 0.493 e. The molecule has 0 aromatic heterocycles. The van der Waals surface area contributed by atoms with Crippen LogP contribution in [0.3, 0.4) is 0 Å². The van der Waals surface area contributed by atoms with Gasteiger partial charge in [-0.3, -0.25) is 14.4 Å². The van der Waals surface area contributed by atoms with Crippen LogP contribution < -0.4 is 25.5 Å². The lowest BCUT2D eigenvalue weighted by Gasteiger charge is -2.13. The molecule has 0 spiro atoms. The number of carbonyl (C=O) groups is 3. The normalized spacial score (nSPS) is 12.8. The molecule has 1 saturated carbocycles. The van der Waals surface area contributed by atoms with Gasteiger partial charge in [-0.1, -0.05) is 12.1 Å². The third-order valence-electron chi connectivity index (χ3n) is 4.92. The molecule has 1 aliphatic carbocycles. The average molecular weight is 438 g/mol. The molecule has 32 heavy (non-hydrogen) atoms. The minimum atomic E-state index is -0.824. The van der Waals surface area contributed by atoms with Crippen molar-refractivity contribution in [3.8, 4) is 11.5 Å². The number of hydrogen-bond acceptors (Lipinski definition) is 6. The second-order valence-corrected chi connectivity index (χ2v) is 7.44. The number of carbonyl (C=O) groups excluding carboxylic acids is 3. The summed E-state index contributed by atoms with van der Waals surface area (Å²) in [4.78, 5) is 35.5. The van der Waals surface area contributed by atoms with Gasteiger partial charge in [-0.05, 0) is 67.6 Å². The van der Waals surface area contributed by atoms with Gasteiger partial charge in [0, 0.05) is 11.7 Å². The molecule has 3 N–H and O–H groups in total. The second-order valence-electron chi connectivity index (χ2n) is 7.44. The second kappa shape index (κ2) is 10.4. The fourth-order valence-corrected chi connectivity index (χ4v) is 2.79. The zero-order chi connectivity index (χ0) is 23.1. The zero-order valence-corrected chi connectivity index (χ0v) is 18.2. The molecule has 9 heteroatoms. The summed E-state index contributed by atoms with van der Waals surface area (Å²) in [5, 5.41) is 9.20. The molecule has 9 nitrogen and oxygen atoms in total. The highest BCUT2D eigenvalue weighted by atomic mass is 16.5. The molecular formula is C23H26N4O5. The molecule has 0 atom stereocenters. The van der Waals surface area contributed by atoms with E-state index in [1.54, 1.807) is 18.2 Å². The molecule has 0 aliphatic heterocycles. The summed E-state index contributed by atoms with van der Waals surface area (Å²) in [7, 11) is 1.48. The van der Waals surface area contributed by atoms with Gasteiger partial charge in [-0.2, -0.15) is 5.10 Å². The van der Waals surface area contributed by atoms with Crippen LogP contribution in [0.5, 0.6) is 11.5 Å². The van der Waals surface area contributed by atoms with Crippen molar-refractivity contribution in [2.45, 2.75) is 32.7 Å². The predicted molar refractivity (Wildman–Crippen MR) is 120 cm³/mol. The highest BCUT2D eigenvalue weighted by molar-refractivity contribution is 6.35. The summed E-state index contributed by atoms with van der Waals surface area (Å²) in [5.41, 5.74) is 5.62. The smallest absolute Gasteiger partial charge is 0.329 e. The maximum atomic E-state index is 12.3. The van der Waals surface area contributed by atoms with Crippen molar-refractivity contribution in [2.75, 3.05) is 19.0 Å². The molecule has 0 heterocycles. The molecule has 0 saturated heterocycles. The van der Waals surface area contributed by atoms with Gasteiger partial charge in [0.1, 0.15) is 0 Å². The number of ether oxygens (including phenoxy) is 2. The summed E-state index contributed by atoms with van der Waals surface area (Å²) >= 11 is 0. The van der Waals surface area contributed by atoms with E-state index in [9.17, 15) is 14.4 Å². The van der Waals surface area contributed by atoms with Crippen LogP contribution in [0, 0.1) is 13.8 Å². The first kappa shape index (κ1) is 22.8. The fourth-order valence-electron chi connectivity index (χ4n) is 2.79. The van der Waals surface area contributed by atoms with Gasteiger partial charge in [-0.15, -0.1) is 0 Å². The maximum absolute atomic E-state index is 12.3. The molecule has 0 radical (unpaired) electrons. The number of nitrogens with zero attached hydrogens (tertiary/aromatic N) is 1. The monoisotopic (exact) mass is 438 g/mol. The van der Waals surface area contributed by atoms with Gasteiger partial charge >= 0.3 is 11.8 Å². The summed E-state index contributed by atoms with van der Waals surface area (Å²) in [6.45, 7) is 3.73. The molecule has 1 fully saturated rings. The number of aryl methyl sites for hydroxylation is 1. The molecule has 168 valence electrons. The molecule has 2 aromatic rings. The number of amides is 3. The van der Waals surface area contributed by atoms with E-state index in [2.05, 4.69) is 21.2 Å². The van der Waals surface area contributed by atoms with E-state index >= 15 is 0 Å². The Morgan fingerprint density at radius 3 is 2.59 bits per heavy atom. The van der Waals surface area contributed by atoms with Crippen LogP contribution in [0.25, 0.3) is 0 Å². The van der Waals surface area contributed by atoms with Crippen LogP contribution in [-0.2, 0) is 14.4 Å². The topological polar surface area (TPSA) is 118 Å². The standard InChI is InChI=1S/C23H26N4O5/c1-14-5-4-6-18(15(14)2)26-21(28)13-32-19-10-7-16(11-20(19)31-3)12-24-27-23(30)22(29)25-17-8-9-17/h4-7,10-12,17H,8-9,13H2,1-3H3,(H,25,29)(H,26,28)(H,27,30)/b24-12-. The number of nitrogens with one attached hydrogen (secondary N) is 3. The van der Waals surface area contributed by atoms with Gasteiger partial charge in [0.15, 0.2) is 18.1 Å². The van der Waals surface area contributed by atoms with Crippen molar-refractivity contribution in [2.24, 2.45) is 5.10 Å². The SMILES string of the molecule is COc1cc(/C=N\NC(=O)C(=O)NC2CC2)ccc1OCC(=O)Nc1cccc(C)c1C. The van der Waals surface area contributed by atoms with Crippen molar-refractivity contribution in [3.05, 3.63) is 53.1 Å². The van der Waals surface area contributed by atoms with E-state index in [4.69, 9.17) is 9.47 Å². The number of hydrazone groups is 1. The number of anilines is 1. The Hall–Kier alpha value is -3.88. The average Bonchev–Trinajstić information content (AvgIpc) is 3.59. The molecular weight excluding hydrogens is 412 g/mol. The van der Waals surface area contributed by atoms with Crippen LogP contribution in [0.15, 0.2) is 41.5 Å². The minimum absolute atomic E-state index is 0.0944. The minimum Gasteiger partial charge on any atom is -0.493 e. The van der Waals surface area contributed by atoms with Gasteiger partial charge in [0.05, 0.1) is 13.3 Å². The van der Waals surface area contributed by atoms with E-state index in [1.807, 2.05) is 32.0 Å². The Bertz CT molecular complexity index is 1050. The first-order chi connectivity index (χ1) is 15.4. The number of hydrogen-bond donors (Lipinski definition) is 3. The molecule has 2 aromatic carbocycles. The van der Waals surface area contributed by atoms with E-state index in [-0.39, 0.29) is 18.6 Å². The van der Waals surface area contributed by atoms with Gasteiger partial charge < -0.3 is 20.1 Å². The van der Waals surface area contributed by atoms with Crippen molar-refractivity contribution in [1.82, 2.24) is 10.7 Å². The summed E-state index contributed by atoms with van der Waals surface area (Å²) in [6, 6.07) is 10.7. The Labute approximate surface area is 186 Å². The van der Waals surface area contributed by atoms with E-state index in [0.717, 1.165) is 29.7 Å². The van der Waals surface area contributed by atoms with Crippen LogP contribution in [0.4, 0.5) is 5.69 Å². The van der Waals surface area contributed by atoms with Crippen LogP contribution in [0.1, 0.15) is 29.5 Å². The van der Waals surface area contributed by atoms with Gasteiger partial charge in [0.25, 0.3) is 5.91 Å². The number of benzene rings is 2. The summed E-state index contributed by atoms with van der Waals surface area (Å²) in [6.07, 6.45) is 3.16. The predicted octanol–water partition coefficient (Wildman–Crippen LogP) is 2.06. The highest BCUT2D eigenvalue weighted by Gasteiger charge is 2.26. The summed E-state index contributed by atoms with van der Waals surface area (Å²) < 4.78 is 10.9. The Balaban J connectivity index is 1.54. The van der Waals surface area contributed by atoms with E-state index in [1.165, 1.54) is 13.3 Å². The zero-order valence-electron chi connectivity index (χ0n) is 18.2. The van der Waals surface area contributed by atoms with Gasteiger partial charge in [0.2, 0.25) is 0 Å². The molecule has 1 aliphatic rings. The lowest BCUT2D eigenvalue weighted by Crippen LogP contribution is -2.38. The van der Waals surface area contributed by atoms with Gasteiger partial charge in [-0.25, -0.2) is 5.43 Å². The lowest BCUT2D eigenvalue weighted by atomic mass is 10.1. The Morgan fingerprint density at radius 1 is 1.09 bits per heavy atom.